The molecular weight excluding hydrogens is 322 g/mol. The summed E-state index contributed by atoms with van der Waals surface area (Å²) in [4.78, 5) is 17.0. The maximum absolute atomic E-state index is 12.0. The van der Waals surface area contributed by atoms with E-state index in [0.29, 0.717) is 12.3 Å². The van der Waals surface area contributed by atoms with Gasteiger partial charge in [-0.3, -0.25) is 4.79 Å². The Morgan fingerprint density at radius 2 is 1.96 bits per heavy atom. The number of amides is 1. The van der Waals surface area contributed by atoms with Crippen LogP contribution < -0.4 is 5.32 Å². The van der Waals surface area contributed by atoms with Crippen LogP contribution in [0.4, 0.5) is 0 Å². The molecule has 4 nitrogen and oxygen atoms in total. The summed E-state index contributed by atoms with van der Waals surface area (Å²) < 4.78 is 0. The van der Waals surface area contributed by atoms with Crippen molar-refractivity contribution < 1.29 is 4.79 Å². The SMILES string of the molecule is CCN1CCN(CC(C)CNC(=O)CCc2cccc(Cl)c2)CC1. The Morgan fingerprint density at radius 1 is 1.25 bits per heavy atom. The van der Waals surface area contributed by atoms with E-state index in [2.05, 4.69) is 29.0 Å². The minimum atomic E-state index is 0.123. The fraction of sp³-hybridized carbons (Fsp3) is 0.632. The summed E-state index contributed by atoms with van der Waals surface area (Å²) in [5.41, 5.74) is 1.11. The molecule has 1 N–H and O–H groups in total. The Kier molecular flexibility index (Phi) is 8.03. The van der Waals surface area contributed by atoms with Crippen LogP contribution in [0.25, 0.3) is 0 Å². The van der Waals surface area contributed by atoms with Gasteiger partial charge in [0.15, 0.2) is 0 Å². The fourth-order valence-electron chi connectivity index (χ4n) is 3.12. The van der Waals surface area contributed by atoms with Crippen molar-refractivity contribution >= 4 is 17.5 Å². The molecule has 0 spiro atoms. The number of carbonyl (C=O) groups excluding carboxylic acids is 1. The predicted molar refractivity (Wildman–Crippen MR) is 101 cm³/mol. The van der Waals surface area contributed by atoms with E-state index >= 15 is 0 Å². The van der Waals surface area contributed by atoms with Crippen molar-refractivity contribution in [2.75, 3.05) is 45.8 Å². The lowest BCUT2D eigenvalue weighted by Gasteiger charge is -2.35. The minimum Gasteiger partial charge on any atom is -0.356 e. The molecule has 1 aliphatic heterocycles. The molecule has 1 atom stereocenters. The van der Waals surface area contributed by atoms with Crippen LogP contribution in [0.1, 0.15) is 25.8 Å². The van der Waals surface area contributed by atoms with Gasteiger partial charge in [0.25, 0.3) is 0 Å². The van der Waals surface area contributed by atoms with Crippen LogP contribution >= 0.6 is 11.6 Å². The second-order valence-corrected chi connectivity index (χ2v) is 7.21. The number of nitrogens with zero attached hydrogens (tertiary/aromatic N) is 2. The monoisotopic (exact) mass is 351 g/mol. The van der Waals surface area contributed by atoms with E-state index in [1.807, 2.05) is 24.3 Å². The van der Waals surface area contributed by atoms with Gasteiger partial charge in [-0.25, -0.2) is 0 Å². The van der Waals surface area contributed by atoms with Gasteiger partial charge in [-0.05, 0) is 36.6 Å². The topological polar surface area (TPSA) is 35.6 Å². The summed E-state index contributed by atoms with van der Waals surface area (Å²) in [6, 6.07) is 7.72. The Morgan fingerprint density at radius 3 is 2.62 bits per heavy atom. The van der Waals surface area contributed by atoms with Gasteiger partial charge in [0.05, 0.1) is 0 Å². The maximum atomic E-state index is 12.0. The summed E-state index contributed by atoms with van der Waals surface area (Å²) in [7, 11) is 0. The van der Waals surface area contributed by atoms with Crippen molar-refractivity contribution in [1.29, 1.82) is 0 Å². The average Bonchev–Trinajstić information content (AvgIpc) is 2.59. The molecular formula is C19H30ClN3O. The Labute approximate surface area is 151 Å². The van der Waals surface area contributed by atoms with E-state index in [1.54, 1.807) is 0 Å². The first-order chi connectivity index (χ1) is 11.6. The zero-order valence-electron chi connectivity index (χ0n) is 14.9. The zero-order valence-corrected chi connectivity index (χ0v) is 15.7. The van der Waals surface area contributed by atoms with E-state index in [0.717, 1.165) is 62.8 Å². The van der Waals surface area contributed by atoms with Gasteiger partial charge in [-0.1, -0.05) is 37.6 Å². The molecule has 0 aliphatic carbocycles. The number of nitrogens with one attached hydrogen (secondary N) is 1. The normalized spacial score (nSPS) is 17.6. The maximum Gasteiger partial charge on any atom is 0.220 e. The van der Waals surface area contributed by atoms with Crippen molar-refractivity contribution in [1.82, 2.24) is 15.1 Å². The van der Waals surface area contributed by atoms with Crippen molar-refractivity contribution in [2.45, 2.75) is 26.7 Å². The van der Waals surface area contributed by atoms with E-state index in [1.165, 1.54) is 0 Å². The number of hydrogen-bond acceptors (Lipinski definition) is 3. The molecule has 134 valence electrons. The highest BCUT2D eigenvalue weighted by atomic mass is 35.5. The lowest BCUT2D eigenvalue weighted by atomic mass is 10.1. The Bertz CT molecular complexity index is 515. The first-order valence-corrected chi connectivity index (χ1v) is 9.40. The fourth-order valence-corrected chi connectivity index (χ4v) is 3.33. The molecule has 1 aromatic carbocycles. The van der Waals surface area contributed by atoms with Crippen molar-refractivity contribution in [2.24, 2.45) is 5.92 Å². The first kappa shape index (κ1) is 19.2. The first-order valence-electron chi connectivity index (χ1n) is 9.02. The third-order valence-electron chi connectivity index (χ3n) is 4.66. The quantitative estimate of drug-likeness (QED) is 0.782. The molecule has 0 saturated carbocycles. The molecule has 2 rings (SSSR count). The van der Waals surface area contributed by atoms with E-state index in [9.17, 15) is 4.79 Å². The average molecular weight is 352 g/mol. The van der Waals surface area contributed by atoms with E-state index < -0.39 is 0 Å². The molecule has 1 amide bonds. The largest absolute Gasteiger partial charge is 0.356 e. The zero-order chi connectivity index (χ0) is 17.4. The number of likely N-dealkylation sites (N-methyl/N-ethyl adjacent to an activating group) is 1. The lowest BCUT2D eigenvalue weighted by molar-refractivity contribution is -0.121. The van der Waals surface area contributed by atoms with Crippen LogP contribution in [0.2, 0.25) is 5.02 Å². The number of halogens is 1. The smallest absolute Gasteiger partial charge is 0.220 e. The molecule has 0 aromatic heterocycles. The molecule has 24 heavy (non-hydrogen) atoms. The molecule has 1 heterocycles. The standard InChI is InChI=1S/C19H30ClN3O/c1-3-22-9-11-23(12-10-22)15-16(2)14-21-19(24)8-7-17-5-4-6-18(20)13-17/h4-6,13,16H,3,7-12,14-15H2,1-2H3,(H,21,24). The number of aryl methyl sites for hydroxylation is 1. The third-order valence-corrected chi connectivity index (χ3v) is 4.89. The number of benzene rings is 1. The molecule has 1 unspecified atom stereocenters. The third kappa shape index (κ3) is 6.80. The van der Waals surface area contributed by atoms with Gasteiger partial charge in [-0.15, -0.1) is 0 Å². The number of hydrogen-bond donors (Lipinski definition) is 1. The number of carbonyl (C=O) groups is 1. The van der Waals surface area contributed by atoms with Gasteiger partial charge >= 0.3 is 0 Å². The van der Waals surface area contributed by atoms with Crippen molar-refractivity contribution in [3.63, 3.8) is 0 Å². The second-order valence-electron chi connectivity index (χ2n) is 6.77. The van der Waals surface area contributed by atoms with Gasteiger partial charge in [-0.2, -0.15) is 0 Å². The summed E-state index contributed by atoms with van der Waals surface area (Å²) in [5, 5.41) is 3.79. The van der Waals surface area contributed by atoms with Gasteiger partial charge in [0.2, 0.25) is 5.91 Å². The minimum absolute atomic E-state index is 0.123. The highest BCUT2D eigenvalue weighted by Gasteiger charge is 2.17. The summed E-state index contributed by atoms with van der Waals surface area (Å²) in [6.07, 6.45) is 1.25. The molecule has 0 radical (unpaired) electrons. The summed E-state index contributed by atoms with van der Waals surface area (Å²) >= 11 is 5.97. The number of rotatable bonds is 8. The van der Waals surface area contributed by atoms with Gasteiger partial charge < -0.3 is 15.1 Å². The molecule has 1 aliphatic rings. The summed E-state index contributed by atoms with van der Waals surface area (Å²) in [5.74, 6) is 0.603. The van der Waals surface area contributed by atoms with E-state index in [4.69, 9.17) is 11.6 Å². The molecule has 1 saturated heterocycles. The van der Waals surface area contributed by atoms with Crippen LogP contribution in [-0.4, -0.2) is 61.5 Å². The van der Waals surface area contributed by atoms with Crippen LogP contribution in [-0.2, 0) is 11.2 Å². The van der Waals surface area contributed by atoms with Crippen LogP contribution in [0.3, 0.4) is 0 Å². The second kappa shape index (κ2) is 10.0. The molecule has 1 aromatic rings. The Balaban J connectivity index is 1.61. The predicted octanol–water partition coefficient (Wildman–Crippen LogP) is 2.66. The van der Waals surface area contributed by atoms with E-state index in [-0.39, 0.29) is 5.91 Å². The number of piperazine rings is 1. The molecule has 5 heteroatoms. The van der Waals surface area contributed by atoms with Gasteiger partial charge in [0, 0.05) is 50.7 Å². The summed E-state index contributed by atoms with van der Waals surface area (Å²) in [6.45, 7) is 12.0. The van der Waals surface area contributed by atoms with Crippen molar-refractivity contribution in [3.8, 4) is 0 Å². The molecule has 0 bridgehead atoms. The lowest BCUT2D eigenvalue weighted by Crippen LogP contribution is -2.48. The highest BCUT2D eigenvalue weighted by Crippen LogP contribution is 2.12. The molecule has 1 fully saturated rings. The van der Waals surface area contributed by atoms with Crippen LogP contribution in [0.15, 0.2) is 24.3 Å². The Hall–Kier alpha value is -1.10. The van der Waals surface area contributed by atoms with Crippen LogP contribution in [0, 0.1) is 5.92 Å². The highest BCUT2D eigenvalue weighted by molar-refractivity contribution is 6.30. The van der Waals surface area contributed by atoms with Crippen molar-refractivity contribution in [3.05, 3.63) is 34.9 Å². The van der Waals surface area contributed by atoms with Gasteiger partial charge in [0.1, 0.15) is 0 Å². The van der Waals surface area contributed by atoms with Crippen LogP contribution in [0.5, 0.6) is 0 Å².